The first-order valence-electron chi connectivity index (χ1n) is 6.32. The molecule has 0 aliphatic carbocycles. The van der Waals surface area contributed by atoms with E-state index in [9.17, 15) is 19.5 Å². The van der Waals surface area contributed by atoms with Crippen molar-refractivity contribution in [3.63, 3.8) is 0 Å². The molecule has 3 rings (SSSR count). The second kappa shape index (κ2) is 4.82. The minimum absolute atomic E-state index is 0.0120. The third-order valence-corrected chi connectivity index (χ3v) is 4.66. The van der Waals surface area contributed by atoms with Crippen molar-refractivity contribution in [2.75, 3.05) is 11.4 Å². The Labute approximate surface area is 129 Å². The summed E-state index contributed by atoms with van der Waals surface area (Å²) in [7, 11) is 0. The molecule has 0 saturated heterocycles. The van der Waals surface area contributed by atoms with Gasteiger partial charge in [-0.1, -0.05) is 30.0 Å². The van der Waals surface area contributed by atoms with Crippen LogP contribution in [0, 0.1) is 0 Å². The summed E-state index contributed by atoms with van der Waals surface area (Å²) in [6, 6.07) is 6.37. The molecule has 2 heterocycles. The van der Waals surface area contributed by atoms with E-state index in [0.29, 0.717) is 5.69 Å². The molecule has 8 nitrogen and oxygen atoms in total. The van der Waals surface area contributed by atoms with E-state index in [1.807, 2.05) is 0 Å². The second-order valence-electron chi connectivity index (χ2n) is 4.93. The van der Waals surface area contributed by atoms with Gasteiger partial charge in [-0.05, 0) is 6.07 Å². The first kappa shape index (κ1) is 14.5. The number of rotatable bonds is 3. The van der Waals surface area contributed by atoms with Crippen LogP contribution in [-0.4, -0.2) is 39.8 Å². The fraction of sp³-hybridized carbons (Fsp3) is 0.231. The number of thioether (sulfide) groups is 1. The van der Waals surface area contributed by atoms with Gasteiger partial charge in [0.2, 0.25) is 5.91 Å². The number of nitrogens with zero attached hydrogens (tertiary/aromatic N) is 2. The SMILES string of the molecule is NC(=O)CN1C(=O)[C@](O)([C@H]2SC(N)=NC2=O)c2ccccc21. The Morgan fingerprint density at radius 1 is 1.41 bits per heavy atom. The molecule has 2 aliphatic heterocycles. The molecule has 2 atom stereocenters. The quantitative estimate of drug-likeness (QED) is 0.630. The predicted octanol–water partition coefficient (Wildman–Crippen LogP) is -1.34. The second-order valence-corrected chi connectivity index (χ2v) is 6.05. The van der Waals surface area contributed by atoms with Crippen LogP contribution in [0.15, 0.2) is 29.3 Å². The summed E-state index contributed by atoms with van der Waals surface area (Å²) in [4.78, 5) is 40.4. The molecule has 2 aliphatic rings. The highest BCUT2D eigenvalue weighted by Crippen LogP contribution is 2.47. The molecule has 0 spiro atoms. The van der Waals surface area contributed by atoms with Crippen LogP contribution in [0.2, 0.25) is 0 Å². The lowest BCUT2D eigenvalue weighted by atomic mass is 9.91. The van der Waals surface area contributed by atoms with Gasteiger partial charge in [0.05, 0.1) is 5.69 Å². The lowest BCUT2D eigenvalue weighted by Crippen LogP contribution is -2.50. The first-order valence-corrected chi connectivity index (χ1v) is 7.20. The van der Waals surface area contributed by atoms with E-state index >= 15 is 0 Å². The van der Waals surface area contributed by atoms with Crippen molar-refractivity contribution in [1.82, 2.24) is 0 Å². The average Bonchev–Trinajstić information content (AvgIpc) is 2.91. The van der Waals surface area contributed by atoms with Crippen molar-refractivity contribution in [2.45, 2.75) is 10.9 Å². The van der Waals surface area contributed by atoms with Gasteiger partial charge >= 0.3 is 0 Å². The Morgan fingerprint density at radius 2 is 2.09 bits per heavy atom. The van der Waals surface area contributed by atoms with Crippen LogP contribution in [0.5, 0.6) is 0 Å². The molecule has 0 bridgehead atoms. The first-order chi connectivity index (χ1) is 10.4. The number of nitrogens with two attached hydrogens (primary N) is 2. The van der Waals surface area contributed by atoms with Crippen molar-refractivity contribution in [3.05, 3.63) is 29.8 Å². The molecular weight excluding hydrogens is 308 g/mol. The van der Waals surface area contributed by atoms with E-state index in [1.54, 1.807) is 18.2 Å². The third-order valence-electron chi connectivity index (χ3n) is 3.55. The number of para-hydroxylation sites is 1. The van der Waals surface area contributed by atoms with Crippen LogP contribution in [0.4, 0.5) is 5.69 Å². The molecule has 3 amide bonds. The highest BCUT2D eigenvalue weighted by atomic mass is 32.2. The third kappa shape index (κ3) is 1.90. The number of amides is 3. The lowest BCUT2D eigenvalue weighted by molar-refractivity contribution is -0.140. The van der Waals surface area contributed by atoms with Gasteiger partial charge in [-0.25, -0.2) is 0 Å². The van der Waals surface area contributed by atoms with Gasteiger partial charge in [-0.2, -0.15) is 4.99 Å². The summed E-state index contributed by atoms with van der Waals surface area (Å²) in [5, 5.41) is 9.78. The number of benzene rings is 1. The number of hydrogen-bond donors (Lipinski definition) is 3. The largest absolute Gasteiger partial charge is 0.378 e. The van der Waals surface area contributed by atoms with Crippen LogP contribution in [0.3, 0.4) is 0 Å². The standard InChI is InChI=1S/C13H12N4O4S/c14-8(18)5-17-7-4-2-1-3-6(7)13(21,11(17)20)9-10(19)16-12(15)22-9/h1-4,9,21H,5H2,(H2,14,18)(H2,15,16,19)/t9-,13+/m0/s1. The van der Waals surface area contributed by atoms with E-state index in [0.717, 1.165) is 16.7 Å². The summed E-state index contributed by atoms with van der Waals surface area (Å²) in [5.74, 6) is -2.20. The van der Waals surface area contributed by atoms with Gasteiger partial charge in [0, 0.05) is 5.56 Å². The number of anilines is 1. The Bertz CT molecular complexity index is 735. The zero-order valence-corrected chi connectivity index (χ0v) is 12.0. The number of aliphatic hydroxyl groups is 1. The summed E-state index contributed by atoms with van der Waals surface area (Å²) in [6.07, 6.45) is 0. The lowest BCUT2D eigenvalue weighted by Gasteiger charge is -2.26. The maximum absolute atomic E-state index is 12.7. The smallest absolute Gasteiger partial charge is 0.265 e. The monoisotopic (exact) mass is 320 g/mol. The highest BCUT2D eigenvalue weighted by molar-refractivity contribution is 8.15. The normalized spacial score (nSPS) is 27.0. The minimum atomic E-state index is -2.13. The molecule has 9 heteroatoms. The highest BCUT2D eigenvalue weighted by Gasteiger charge is 2.59. The Balaban J connectivity index is 2.11. The molecule has 0 unspecified atom stereocenters. The van der Waals surface area contributed by atoms with Gasteiger partial charge < -0.3 is 16.6 Å². The molecule has 0 fully saturated rings. The predicted molar refractivity (Wildman–Crippen MR) is 79.9 cm³/mol. The van der Waals surface area contributed by atoms with E-state index in [4.69, 9.17) is 11.5 Å². The average molecular weight is 320 g/mol. The van der Waals surface area contributed by atoms with Crippen molar-refractivity contribution in [1.29, 1.82) is 0 Å². The Morgan fingerprint density at radius 3 is 2.68 bits per heavy atom. The maximum atomic E-state index is 12.7. The number of fused-ring (bicyclic) bond motifs is 1. The number of hydrogen-bond acceptors (Lipinski definition) is 6. The Kier molecular flexibility index (Phi) is 3.18. The zero-order valence-electron chi connectivity index (χ0n) is 11.2. The van der Waals surface area contributed by atoms with Crippen LogP contribution in [0.25, 0.3) is 0 Å². The maximum Gasteiger partial charge on any atom is 0.265 e. The van der Waals surface area contributed by atoms with Crippen LogP contribution in [0.1, 0.15) is 5.56 Å². The number of carbonyl (C=O) groups excluding carboxylic acids is 3. The molecule has 22 heavy (non-hydrogen) atoms. The Hall–Kier alpha value is -2.39. The van der Waals surface area contributed by atoms with Gasteiger partial charge in [-0.3, -0.25) is 19.3 Å². The molecule has 0 aromatic heterocycles. The van der Waals surface area contributed by atoms with E-state index in [-0.39, 0.29) is 17.3 Å². The fourth-order valence-electron chi connectivity index (χ4n) is 2.66. The van der Waals surface area contributed by atoms with E-state index in [1.165, 1.54) is 6.07 Å². The summed E-state index contributed by atoms with van der Waals surface area (Å²) in [5.41, 5.74) is 9.11. The van der Waals surface area contributed by atoms with E-state index in [2.05, 4.69) is 4.99 Å². The van der Waals surface area contributed by atoms with Gasteiger partial charge in [0.25, 0.3) is 11.8 Å². The van der Waals surface area contributed by atoms with Gasteiger partial charge in [0.1, 0.15) is 11.8 Å². The van der Waals surface area contributed by atoms with Crippen molar-refractivity contribution >= 4 is 40.3 Å². The zero-order chi connectivity index (χ0) is 16.1. The van der Waals surface area contributed by atoms with Gasteiger partial charge in [-0.15, -0.1) is 0 Å². The number of carbonyl (C=O) groups is 3. The molecule has 0 radical (unpaired) electrons. The molecular formula is C13H12N4O4S. The summed E-state index contributed by atoms with van der Waals surface area (Å²) in [6.45, 7) is -0.389. The van der Waals surface area contributed by atoms with Crippen LogP contribution >= 0.6 is 11.8 Å². The molecule has 1 aromatic carbocycles. The number of aliphatic imine (C=N–C) groups is 1. The molecule has 1 aromatic rings. The molecule has 114 valence electrons. The van der Waals surface area contributed by atoms with Crippen molar-refractivity contribution in [2.24, 2.45) is 16.5 Å². The summed E-state index contributed by atoms with van der Waals surface area (Å²) < 4.78 is 0. The number of amidine groups is 1. The summed E-state index contributed by atoms with van der Waals surface area (Å²) >= 11 is 0.823. The van der Waals surface area contributed by atoms with Crippen molar-refractivity contribution < 1.29 is 19.5 Å². The van der Waals surface area contributed by atoms with Crippen LogP contribution in [-0.2, 0) is 20.0 Å². The van der Waals surface area contributed by atoms with E-state index < -0.39 is 28.6 Å². The van der Waals surface area contributed by atoms with Gasteiger partial charge in [0.15, 0.2) is 10.8 Å². The topological polar surface area (TPSA) is 139 Å². The molecule has 5 N–H and O–H groups in total. The van der Waals surface area contributed by atoms with Crippen LogP contribution < -0.4 is 16.4 Å². The minimum Gasteiger partial charge on any atom is -0.378 e. The molecule has 0 saturated carbocycles. The number of primary amides is 1. The van der Waals surface area contributed by atoms with Crippen molar-refractivity contribution in [3.8, 4) is 0 Å². The fourth-order valence-corrected chi connectivity index (χ4v) is 3.59.